The number of fused-ring (bicyclic) bond motifs is 1. The van der Waals surface area contributed by atoms with Crippen LogP contribution in [0.4, 0.5) is 20.2 Å². The zero-order valence-electron chi connectivity index (χ0n) is 43.1. The molecule has 5 heterocycles. The molecule has 4 fully saturated rings. The maximum absolute atomic E-state index is 14.9. The zero-order valence-corrected chi connectivity index (χ0v) is 44.0. The van der Waals surface area contributed by atoms with Crippen LogP contribution >= 0.6 is 0 Å². The summed E-state index contributed by atoms with van der Waals surface area (Å²) in [6.07, 6.45) is 8.38. The van der Waals surface area contributed by atoms with E-state index in [1.807, 2.05) is 16.9 Å². The first-order valence-electron chi connectivity index (χ1n) is 26.0. The fourth-order valence-corrected chi connectivity index (χ4v) is 12.7. The van der Waals surface area contributed by atoms with Crippen LogP contribution in [0, 0.1) is 33.1 Å². The number of aromatic amines is 1. The number of methoxy groups -OCH3 is 1. The van der Waals surface area contributed by atoms with Crippen molar-refractivity contribution in [2.24, 2.45) is 11.3 Å². The number of ether oxygens (including phenoxy) is 3. The van der Waals surface area contributed by atoms with Crippen LogP contribution in [0.1, 0.15) is 111 Å². The molecule has 17 nitrogen and oxygen atoms in total. The number of benzene rings is 3. The van der Waals surface area contributed by atoms with Gasteiger partial charge in [0.1, 0.15) is 27.9 Å². The molecular formula is C56H64F2N8O9S. The van der Waals surface area contributed by atoms with Crippen LogP contribution in [0.5, 0.6) is 23.3 Å². The number of aliphatic hydroxyl groups is 1. The summed E-state index contributed by atoms with van der Waals surface area (Å²) in [4.78, 5) is 43.4. The highest BCUT2D eigenvalue weighted by atomic mass is 32.2. The Morgan fingerprint density at radius 1 is 0.961 bits per heavy atom. The second-order valence-electron chi connectivity index (χ2n) is 21.7. The Kier molecular flexibility index (Phi) is 14.8. The molecule has 4 aliphatic rings. The molecule has 402 valence electrons. The molecule has 1 atom stereocenters. The van der Waals surface area contributed by atoms with Gasteiger partial charge in [-0.15, -0.1) is 0 Å². The zero-order chi connectivity index (χ0) is 53.5. The Labute approximate surface area is 440 Å². The van der Waals surface area contributed by atoms with Crippen LogP contribution in [0.3, 0.4) is 0 Å². The number of halogens is 2. The third kappa shape index (κ3) is 11.2. The van der Waals surface area contributed by atoms with Crippen molar-refractivity contribution in [3.63, 3.8) is 0 Å². The molecule has 3 aromatic carbocycles. The minimum absolute atomic E-state index is 0.0153. The van der Waals surface area contributed by atoms with E-state index in [1.54, 1.807) is 19.1 Å². The average Bonchev–Trinajstić information content (AvgIpc) is 3.78. The third-order valence-electron chi connectivity index (χ3n) is 16.1. The molecule has 2 saturated heterocycles. The van der Waals surface area contributed by atoms with Crippen molar-refractivity contribution in [2.75, 3.05) is 51.3 Å². The minimum atomic E-state index is -4.78. The molecule has 76 heavy (non-hydrogen) atoms. The summed E-state index contributed by atoms with van der Waals surface area (Å²) in [6, 6.07) is 23.2. The number of nitro groups is 1. The molecule has 3 aromatic heterocycles. The minimum Gasteiger partial charge on any atom is -0.478 e. The van der Waals surface area contributed by atoms with Gasteiger partial charge in [0, 0.05) is 81.4 Å². The number of amides is 1. The number of hydrogen-bond donors (Lipinski definition) is 3. The number of sulfonamides is 1. The fourth-order valence-electron chi connectivity index (χ4n) is 11.7. The lowest BCUT2D eigenvalue weighted by atomic mass is 9.59. The SMILES string of the molecule is COc1nc2[nH]cc(F)c2cc1Oc1cc(N2CCC3(CC2)CC(N2CCN(Cc4ccc(F)cc4)C[C@H]2c2ccccc2C(C)C)C3)ccc1C(=O)NS(=O)(=O)c1cnc(OCC2CCC(C)(O)CC2)c([N+](=O)[O-])c1. The quantitative estimate of drug-likeness (QED) is 0.0610. The predicted octanol–water partition coefficient (Wildman–Crippen LogP) is 9.82. The molecule has 2 aliphatic carbocycles. The second kappa shape index (κ2) is 21.4. The lowest BCUT2D eigenvalue weighted by molar-refractivity contribution is -0.386. The number of anilines is 1. The predicted molar refractivity (Wildman–Crippen MR) is 281 cm³/mol. The molecule has 2 saturated carbocycles. The Morgan fingerprint density at radius 3 is 2.41 bits per heavy atom. The highest BCUT2D eigenvalue weighted by molar-refractivity contribution is 7.90. The molecular weight excluding hydrogens is 999 g/mol. The summed E-state index contributed by atoms with van der Waals surface area (Å²) in [7, 11) is -3.42. The first kappa shape index (κ1) is 52.7. The second-order valence-corrected chi connectivity index (χ2v) is 23.4. The third-order valence-corrected chi connectivity index (χ3v) is 17.4. The van der Waals surface area contributed by atoms with E-state index in [0.29, 0.717) is 56.4 Å². The van der Waals surface area contributed by atoms with Gasteiger partial charge in [-0.1, -0.05) is 50.2 Å². The number of aromatic nitrogens is 3. The van der Waals surface area contributed by atoms with E-state index in [9.17, 15) is 37.2 Å². The van der Waals surface area contributed by atoms with E-state index in [2.05, 4.69) is 67.8 Å². The van der Waals surface area contributed by atoms with Crippen molar-refractivity contribution < 1.29 is 46.2 Å². The Balaban J connectivity index is 0.858. The van der Waals surface area contributed by atoms with Crippen molar-refractivity contribution in [1.29, 1.82) is 0 Å². The van der Waals surface area contributed by atoms with Crippen molar-refractivity contribution >= 4 is 38.3 Å². The van der Waals surface area contributed by atoms with Gasteiger partial charge in [0.15, 0.2) is 5.75 Å². The molecule has 1 amide bonds. The summed E-state index contributed by atoms with van der Waals surface area (Å²) < 4.78 is 76.0. The smallest absolute Gasteiger partial charge is 0.332 e. The number of piperidine rings is 1. The number of nitrogens with zero attached hydrogens (tertiary/aromatic N) is 6. The highest BCUT2D eigenvalue weighted by Crippen LogP contribution is 2.53. The van der Waals surface area contributed by atoms with Gasteiger partial charge in [-0.3, -0.25) is 24.7 Å². The van der Waals surface area contributed by atoms with E-state index in [4.69, 9.17) is 14.2 Å². The Bertz CT molecular complexity index is 3220. The maximum atomic E-state index is 14.9. The molecule has 0 radical (unpaired) electrons. The van der Waals surface area contributed by atoms with E-state index in [1.165, 1.54) is 42.5 Å². The summed E-state index contributed by atoms with van der Waals surface area (Å²) in [5, 5.41) is 22.6. The molecule has 3 N–H and O–H groups in total. The van der Waals surface area contributed by atoms with E-state index in [0.717, 1.165) is 75.9 Å². The van der Waals surface area contributed by atoms with Crippen molar-refractivity contribution in [3.8, 4) is 23.3 Å². The monoisotopic (exact) mass is 1060 g/mol. The van der Waals surface area contributed by atoms with Crippen LogP contribution in [-0.4, -0.2) is 107 Å². The summed E-state index contributed by atoms with van der Waals surface area (Å²) in [5.74, 6) is -2.09. The normalized spacial score (nSPS) is 21.4. The van der Waals surface area contributed by atoms with E-state index >= 15 is 0 Å². The molecule has 20 heteroatoms. The standard InChI is InChI=1S/C56H64F2N8O9S/c1-35(2)42-7-5-6-8-43(42)48-33-63(32-36-9-11-38(57)12-10-36)23-24-65(48)40-28-56(29-40)19-21-64(22-20-56)39-13-14-44(49(25-39)75-50-27-45-46(58)31-59-51(45)61-54(50)73-4)52(67)62-76(71,72)41-26-47(66(69)70)53(60-30-41)74-34-37-15-17-55(3,68)18-16-37/h5-14,25-27,30-31,35,37,40,48,68H,15-24,28-29,32-34H2,1-4H3,(H,59,61)(H,62,67)/t37?,48-,55?/m0/s1. The Hall–Kier alpha value is -6.74. The molecule has 6 aromatic rings. The van der Waals surface area contributed by atoms with Gasteiger partial charge in [-0.05, 0) is 116 Å². The van der Waals surface area contributed by atoms with Crippen LogP contribution in [0.25, 0.3) is 11.0 Å². The van der Waals surface area contributed by atoms with Crippen molar-refractivity contribution in [2.45, 2.75) is 107 Å². The number of piperazine rings is 1. The molecule has 1 spiro atoms. The summed E-state index contributed by atoms with van der Waals surface area (Å²) in [6.45, 7) is 11.2. The van der Waals surface area contributed by atoms with Gasteiger partial charge in [0.25, 0.3) is 27.7 Å². The van der Waals surface area contributed by atoms with Crippen LogP contribution in [-0.2, 0) is 16.6 Å². The topological polar surface area (TPSA) is 206 Å². The number of hydrogen-bond acceptors (Lipinski definition) is 14. The number of carbonyl (C=O) groups is 1. The van der Waals surface area contributed by atoms with Crippen LogP contribution in [0.2, 0.25) is 0 Å². The fraction of sp³-hybridized carbons (Fsp3) is 0.446. The molecule has 10 rings (SSSR count). The average molecular weight is 1060 g/mol. The van der Waals surface area contributed by atoms with Gasteiger partial charge >= 0.3 is 5.69 Å². The van der Waals surface area contributed by atoms with Gasteiger partial charge in [0.2, 0.25) is 0 Å². The number of nitrogens with one attached hydrogen (secondary N) is 2. The first-order chi connectivity index (χ1) is 36.4. The van der Waals surface area contributed by atoms with E-state index in [-0.39, 0.29) is 69.7 Å². The largest absolute Gasteiger partial charge is 0.478 e. The molecule has 0 bridgehead atoms. The maximum Gasteiger partial charge on any atom is 0.332 e. The number of carbonyl (C=O) groups excluding carboxylic acids is 1. The van der Waals surface area contributed by atoms with Crippen LogP contribution in [0.15, 0.2) is 96.2 Å². The van der Waals surface area contributed by atoms with Crippen molar-refractivity contribution in [1.82, 2.24) is 29.5 Å². The van der Waals surface area contributed by atoms with E-state index < -0.39 is 42.9 Å². The van der Waals surface area contributed by atoms with Gasteiger partial charge in [0.05, 0.1) is 41.4 Å². The summed E-state index contributed by atoms with van der Waals surface area (Å²) in [5.41, 5.74) is 3.16. The van der Waals surface area contributed by atoms with Crippen molar-refractivity contribution in [3.05, 3.63) is 135 Å². The molecule has 2 aliphatic heterocycles. The molecule has 0 unspecified atom stereocenters. The van der Waals surface area contributed by atoms with Gasteiger partial charge in [-0.2, -0.15) is 4.98 Å². The summed E-state index contributed by atoms with van der Waals surface area (Å²) >= 11 is 0. The number of pyridine rings is 2. The number of H-pyrrole nitrogens is 1. The Morgan fingerprint density at radius 2 is 1.70 bits per heavy atom. The first-order valence-corrected chi connectivity index (χ1v) is 27.5. The lowest BCUT2D eigenvalue weighted by Crippen LogP contribution is -2.60. The lowest BCUT2D eigenvalue weighted by Gasteiger charge is -2.58. The van der Waals surface area contributed by atoms with Gasteiger partial charge < -0.3 is 29.2 Å². The van der Waals surface area contributed by atoms with Gasteiger partial charge in [-0.25, -0.2) is 26.9 Å². The number of rotatable bonds is 16. The highest BCUT2D eigenvalue weighted by Gasteiger charge is 2.50. The van der Waals surface area contributed by atoms with Crippen LogP contribution < -0.4 is 23.8 Å².